The molecule has 1 aliphatic rings. The number of unbranched alkanes of at least 4 members (excludes halogenated alkanes) is 1. The molecule has 8 heteroatoms. The van der Waals surface area contributed by atoms with Crippen LogP contribution in [0.3, 0.4) is 0 Å². The average Bonchev–Trinajstić information content (AvgIpc) is 2.73. The van der Waals surface area contributed by atoms with Crippen LogP contribution in [0.5, 0.6) is 0 Å². The Morgan fingerprint density at radius 3 is 2.60 bits per heavy atom. The van der Waals surface area contributed by atoms with Crippen molar-refractivity contribution in [1.29, 1.82) is 0 Å². The van der Waals surface area contributed by atoms with Gasteiger partial charge in [-0.05, 0) is 6.42 Å². The molecule has 1 heterocycles. The van der Waals surface area contributed by atoms with E-state index in [1.165, 1.54) is 4.90 Å². The quantitative estimate of drug-likeness (QED) is 0.474. The fraction of sp³-hybridized carbons (Fsp3) is 0.917. The lowest BCUT2D eigenvalue weighted by Crippen LogP contribution is -2.51. The lowest BCUT2D eigenvalue weighted by Gasteiger charge is -2.30. The predicted molar refractivity (Wildman–Crippen MR) is 73.5 cm³/mol. The second-order valence-electron chi connectivity index (χ2n) is 4.70. The van der Waals surface area contributed by atoms with Crippen LogP contribution in [-0.4, -0.2) is 76.4 Å². The first-order chi connectivity index (χ1) is 9.56. The Bertz CT molecular complexity index is 308. The average molecular weight is 311 g/mol. The molecule has 0 bridgehead atoms. The third kappa shape index (κ3) is 4.20. The molecule has 0 aromatic carbocycles. The number of aliphatic hydroxyl groups excluding tert-OH is 3. The summed E-state index contributed by atoms with van der Waals surface area (Å²) >= 11 is 5.52. The largest absolute Gasteiger partial charge is 0.394 e. The molecule has 0 aromatic heterocycles. The van der Waals surface area contributed by atoms with Crippen LogP contribution < -0.4 is 5.32 Å². The molecule has 4 atom stereocenters. The van der Waals surface area contributed by atoms with E-state index in [-0.39, 0.29) is 5.88 Å². The number of carbonyl (C=O) groups excluding carboxylic acids is 1. The first-order valence-electron chi connectivity index (χ1n) is 6.79. The number of hydrogen-bond acceptors (Lipinski definition) is 5. The van der Waals surface area contributed by atoms with Gasteiger partial charge in [-0.25, -0.2) is 4.79 Å². The molecule has 2 amide bonds. The zero-order valence-electron chi connectivity index (χ0n) is 11.5. The number of nitrogens with zero attached hydrogens (tertiary/aromatic N) is 1. The van der Waals surface area contributed by atoms with Crippen molar-refractivity contribution in [3.8, 4) is 0 Å². The van der Waals surface area contributed by atoms with Crippen molar-refractivity contribution in [2.45, 2.75) is 44.3 Å². The van der Waals surface area contributed by atoms with Crippen molar-refractivity contribution >= 4 is 17.6 Å². The van der Waals surface area contributed by atoms with Gasteiger partial charge in [-0.1, -0.05) is 13.3 Å². The summed E-state index contributed by atoms with van der Waals surface area (Å²) in [6.07, 6.45) is -2.71. The van der Waals surface area contributed by atoms with Crippen LogP contribution >= 0.6 is 11.6 Å². The van der Waals surface area contributed by atoms with Gasteiger partial charge in [-0.3, -0.25) is 4.90 Å². The van der Waals surface area contributed by atoms with Crippen LogP contribution in [0.25, 0.3) is 0 Å². The van der Waals surface area contributed by atoms with Crippen LogP contribution in [0, 0.1) is 0 Å². The van der Waals surface area contributed by atoms with Crippen LogP contribution in [0.4, 0.5) is 4.79 Å². The Hall–Kier alpha value is -0.600. The minimum absolute atomic E-state index is 0.281. The maximum Gasteiger partial charge on any atom is 0.319 e. The summed E-state index contributed by atoms with van der Waals surface area (Å²) in [6.45, 7) is 2.25. The van der Waals surface area contributed by atoms with Gasteiger partial charge in [0.15, 0.2) is 6.23 Å². The van der Waals surface area contributed by atoms with Gasteiger partial charge in [-0.15, -0.1) is 11.6 Å². The van der Waals surface area contributed by atoms with Crippen LogP contribution in [0.1, 0.15) is 19.8 Å². The number of rotatable bonds is 7. The summed E-state index contributed by atoms with van der Waals surface area (Å²) in [7, 11) is 0. The SMILES string of the molecule is CCCCN(C(=O)NCCCl)C1O[C@H](CO)[C@@H](O)[C@H]1O. The number of halogens is 1. The third-order valence-corrected chi connectivity index (χ3v) is 3.40. The smallest absolute Gasteiger partial charge is 0.319 e. The van der Waals surface area contributed by atoms with Crippen molar-refractivity contribution in [3.05, 3.63) is 0 Å². The highest BCUT2D eigenvalue weighted by molar-refractivity contribution is 6.18. The standard InChI is InChI=1S/C12H23ClN2O5/c1-2-3-6-15(12(19)14-5-4-13)11-10(18)9(17)8(7-16)20-11/h8-11,16-18H,2-7H2,1H3,(H,14,19)/t8-,9-,10-,11?/m1/s1. The van der Waals surface area contributed by atoms with Gasteiger partial charge >= 0.3 is 6.03 Å². The Morgan fingerprint density at radius 1 is 1.40 bits per heavy atom. The maximum atomic E-state index is 12.1. The number of urea groups is 1. The van der Waals surface area contributed by atoms with E-state index in [9.17, 15) is 15.0 Å². The molecule has 1 saturated heterocycles. The predicted octanol–water partition coefficient (Wildman–Crippen LogP) is -0.524. The van der Waals surface area contributed by atoms with Gasteiger partial charge in [0.2, 0.25) is 0 Å². The molecule has 0 saturated carbocycles. The van der Waals surface area contributed by atoms with Gasteiger partial charge in [0, 0.05) is 19.0 Å². The first kappa shape index (κ1) is 17.5. The zero-order chi connectivity index (χ0) is 15.1. The number of aliphatic hydroxyl groups is 3. The molecule has 1 fully saturated rings. The van der Waals surface area contributed by atoms with Crippen LogP contribution in [0.15, 0.2) is 0 Å². The lowest BCUT2D eigenvalue weighted by molar-refractivity contribution is -0.0794. The molecule has 1 unspecified atom stereocenters. The maximum absolute atomic E-state index is 12.1. The summed E-state index contributed by atoms with van der Waals surface area (Å²) in [5, 5.41) is 31.4. The lowest BCUT2D eigenvalue weighted by atomic mass is 10.1. The van der Waals surface area contributed by atoms with Gasteiger partial charge in [0.1, 0.15) is 18.3 Å². The second-order valence-corrected chi connectivity index (χ2v) is 5.07. The Morgan fingerprint density at radius 2 is 2.10 bits per heavy atom. The van der Waals surface area contributed by atoms with Crippen molar-refractivity contribution in [1.82, 2.24) is 10.2 Å². The van der Waals surface area contributed by atoms with E-state index in [0.29, 0.717) is 13.1 Å². The van der Waals surface area contributed by atoms with E-state index in [0.717, 1.165) is 12.8 Å². The number of hydrogen-bond donors (Lipinski definition) is 4. The number of carbonyl (C=O) groups is 1. The molecule has 20 heavy (non-hydrogen) atoms. The van der Waals surface area contributed by atoms with E-state index in [1.54, 1.807) is 0 Å². The van der Waals surface area contributed by atoms with E-state index >= 15 is 0 Å². The highest BCUT2D eigenvalue weighted by Crippen LogP contribution is 2.24. The molecule has 7 nitrogen and oxygen atoms in total. The second kappa shape index (κ2) is 8.63. The van der Waals surface area contributed by atoms with Crippen molar-refractivity contribution in [2.75, 3.05) is 25.6 Å². The minimum atomic E-state index is -1.24. The Balaban J connectivity index is 2.74. The first-order valence-corrected chi connectivity index (χ1v) is 7.33. The molecule has 118 valence electrons. The van der Waals surface area contributed by atoms with Gasteiger partial charge < -0.3 is 25.4 Å². The van der Waals surface area contributed by atoms with Gasteiger partial charge in [0.05, 0.1) is 6.61 Å². The molecular formula is C12H23ClN2O5. The van der Waals surface area contributed by atoms with Gasteiger partial charge in [0.25, 0.3) is 0 Å². The molecule has 0 radical (unpaired) electrons. The molecule has 1 aliphatic heterocycles. The summed E-state index contributed by atoms with van der Waals surface area (Å²) in [6, 6.07) is -0.408. The summed E-state index contributed by atoms with van der Waals surface area (Å²) in [5.74, 6) is 0.281. The topological polar surface area (TPSA) is 102 Å². The van der Waals surface area contributed by atoms with Crippen molar-refractivity contribution in [2.24, 2.45) is 0 Å². The highest BCUT2D eigenvalue weighted by Gasteiger charge is 2.46. The number of ether oxygens (including phenoxy) is 1. The molecule has 0 aliphatic carbocycles. The Labute approximate surface area is 123 Å². The van der Waals surface area contributed by atoms with E-state index in [2.05, 4.69) is 5.32 Å². The van der Waals surface area contributed by atoms with Crippen molar-refractivity contribution in [3.63, 3.8) is 0 Å². The molecule has 4 N–H and O–H groups in total. The minimum Gasteiger partial charge on any atom is -0.394 e. The normalized spacial score (nSPS) is 29.4. The Kier molecular flexibility index (Phi) is 7.53. The number of amides is 2. The third-order valence-electron chi connectivity index (χ3n) is 3.21. The van der Waals surface area contributed by atoms with Crippen LogP contribution in [-0.2, 0) is 4.74 Å². The highest BCUT2D eigenvalue weighted by atomic mass is 35.5. The van der Waals surface area contributed by atoms with Gasteiger partial charge in [-0.2, -0.15) is 0 Å². The molecule has 0 aromatic rings. The van der Waals surface area contributed by atoms with E-state index < -0.39 is 37.2 Å². The summed E-state index contributed by atoms with van der Waals surface area (Å²) in [5.41, 5.74) is 0. The monoisotopic (exact) mass is 310 g/mol. The summed E-state index contributed by atoms with van der Waals surface area (Å²) in [4.78, 5) is 13.4. The van der Waals surface area contributed by atoms with E-state index in [4.69, 9.17) is 21.4 Å². The molecular weight excluding hydrogens is 288 g/mol. The number of alkyl halides is 1. The fourth-order valence-corrected chi connectivity index (χ4v) is 2.16. The zero-order valence-corrected chi connectivity index (χ0v) is 12.3. The number of nitrogens with one attached hydrogen (secondary N) is 1. The van der Waals surface area contributed by atoms with Crippen LogP contribution in [0.2, 0.25) is 0 Å². The summed E-state index contributed by atoms with van der Waals surface area (Å²) < 4.78 is 5.38. The fourth-order valence-electron chi connectivity index (χ4n) is 2.07. The van der Waals surface area contributed by atoms with Crippen molar-refractivity contribution < 1.29 is 24.9 Å². The molecule has 0 spiro atoms. The molecule has 1 rings (SSSR count). The van der Waals surface area contributed by atoms with E-state index in [1.807, 2.05) is 6.92 Å².